The first-order valence-corrected chi connectivity index (χ1v) is 9.66. The van der Waals surface area contributed by atoms with Crippen LogP contribution >= 0.6 is 0 Å². The fourth-order valence-electron chi connectivity index (χ4n) is 3.42. The van der Waals surface area contributed by atoms with Gasteiger partial charge in [-0.2, -0.15) is 0 Å². The van der Waals surface area contributed by atoms with Gasteiger partial charge in [-0.15, -0.1) is 0 Å². The summed E-state index contributed by atoms with van der Waals surface area (Å²) in [6.45, 7) is 1.66. The third-order valence-electron chi connectivity index (χ3n) is 4.65. The van der Waals surface area contributed by atoms with Crippen LogP contribution in [0, 0.1) is 5.92 Å². The molecule has 2 aliphatic rings. The molecule has 0 bridgehead atoms. The molecule has 0 spiro atoms. The Bertz CT molecular complexity index is 664. The van der Waals surface area contributed by atoms with Gasteiger partial charge in [0.2, 0.25) is 15.9 Å². The van der Waals surface area contributed by atoms with E-state index in [0.29, 0.717) is 25.9 Å². The molecule has 0 radical (unpaired) electrons. The van der Waals surface area contributed by atoms with E-state index in [0.717, 1.165) is 25.1 Å². The van der Waals surface area contributed by atoms with Crippen LogP contribution in [0.3, 0.4) is 0 Å². The summed E-state index contributed by atoms with van der Waals surface area (Å²) in [5.41, 5.74) is 2.26. The van der Waals surface area contributed by atoms with Gasteiger partial charge in [0.15, 0.2) is 0 Å². The maximum absolute atomic E-state index is 12.8. The van der Waals surface area contributed by atoms with Crippen molar-refractivity contribution >= 4 is 21.6 Å². The summed E-state index contributed by atoms with van der Waals surface area (Å²) in [5, 5.41) is 0. The van der Waals surface area contributed by atoms with Crippen LogP contribution in [0.25, 0.3) is 0 Å². The van der Waals surface area contributed by atoms with Crippen LogP contribution in [0.4, 0.5) is 5.69 Å². The van der Waals surface area contributed by atoms with Gasteiger partial charge in [0.05, 0.1) is 6.26 Å². The highest BCUT2D eigenvalue weighted by atomic mass is 32.2. The summed E-state index contributed by atoms with van der Waals surface area (Å²) in [4.78, 5) is 14.7. The lowest BCUT2D eigenvalue weighted by atomic mass is 9.94. The van der Waals surface area contributed by atoms with Crippen LogP contribution in [0.1, 0.15) is 24.8 Å². The minimum absolute atomic E-state index is 0.0656. The second kappa shape index (κ2) is 6.01. The molecule has 0 N–H and O–H groups in total. The van der Waals surface area contributed by atoms with Crippen LogP contribution in [0.2, 0.25) is 0 Å². The highest BCUT2D eigenvalue weighted by Crippen LogP contribution is 2.30. The molecule has 1 fully saturated rings. The predicted molar refractivity (Wildman–Crippen MR) is 86.3 cm³/mol. The number of amides is 1. The minimum atomic E-state index is -3.14. The fourth-order valence-corrected chi connectivity index (χ4v) is 4.29. The van der Waals surface area contributed by atoms with Gasteiger partial charge in [0.1, 0.15) is 0 Å². The van der Waals surface area contributed by atoms with Gasteiger partial charge in [-0.05, 0) is 37.3 Å². The van der Waals surface area contributed by atoms with E-state index >= 15 is 0 Å². The Kier molecular flexibility index (Phi) is 4.23. The third kappa shape index (κ3) is 3.03. The molecule has 1 saturated heterocycles. The number of hydrogen-bond donors (Lipinski definition) is 0. The average molecular weight is 322 g/mol. The number of aryl methyl sites for hydroxylation is 1. The number of para-hydroxylation sites is 1. The van der Waals surface area contributed by atoms with Crippen molar-refractivity contribution in [2.75, 3.05) is 30.8 Å². The van der Waals surface area contributed by atoms with Crippen molar-refractivity contribution in [3.05, 3.63) is 29.8 Å². The first-order chi connectivity index (χ1) is 10.5. The Morgan fingerprint density at radius 2 is 1.82 bits per heavy atom. The zero-order chi connectivity index (χ0) is 15.7. The van der Waals surface area contributed by atoms with Gasteiger partial charge in [0.25, 0.3) is 0 Å². The smallest absolute Gasteiger partial charge is 0.230 e. The number of hydrogen-bond acceptors (Lipinski definition) is 3. The number of carbonyl (C=O) groups is 1. The van der Waals surface area contributed by atoms with Gasteiger partial charge in [-0.1, -0.05) is 18.2 Å². The minimum Gasteiger partial charge on any atom is -0.312 e. The first kappa shape index (κ1) is 15.5. The number of anilines is 1. The molecule has 0 atom stereocenters. The molecule has 6 heteroatoms. The van der Waals surface area contributed by atoms with Crippen LogP contribution in [-0.4, -0.2) is 44.5 Å². The lowest BCUT2D eigenvalue weighted by Crippen LogP contribution is -2.45. The maximum Gasteiger partial charge on any atom is 0.230 e. The van der Waals surface area contributed by atoms with Gasteiger partial charge in [-0.25, -0.2) is 12.7 Å². The second-order valence-electron chi connectivity index (χ2n) is 6.16. The van der Waals surface area contributed by atoms with Crippen molar-refractivity contribution < 1.29 is 13.2 Å². The van der Waals surface area contributed by atoms with Crippen molar-refractivity contribution in [1.29, 1.82) is 0 Å². The van der Waals surface area contributed by atoms with Gasteiger partial charge in [0, 0.05) is 31.2 Å². The first-order valence-electron chi connectivity index (χ1n) is 7.81. The molecular formula is C16H22N2O3S. The molecule has 2 aliphatic heterocycles. The monoisotopic (exact) mass is 322 g/mol. The van der Waals surface area contributed by atoms with Crippen LogP contribution in [0.15, 0.2) is 24.3 Å². The Morgan fingerprint density at radius 3 is 2.50 bits per heavy atom. The summed E-state index contributed by atoms with van der Waals surface area (Å²) < 4.78 is 24.6. The zero-order valence-electron chi connectivity index (χ0n) is 12.9. The highest BCUT2D eigenvalue weighted by molar-refractivity contribution is 7.88. The molecule has 0 aliphatic carbocycles. The lowest BCUT2D eigenvalue weighted by Gasteiger charge is -2.35. The van der Waals surface area contributed by atoms with Crippen LogP contribution < -0.4 is 4.90 Å². The molecule has 0 unspecified atom stereocenters. The van der Waals surface area contributed by atoms with Gasteiger partial charge < -0.3 is 4.90 Å². The molecule has 3 rings (SSSR count). The van der Waals surface area contributed by atoms with Crippen molar-refractivity contribution in [2.45, 2.75) is 25.7 Å². The molecule has 120 valence electrons. The second-order valence-corrected chi connectivity index (χ2v) is 8.14. The number of carbonyl (C=O) groups excluding carboxylic acids is 1. The quantitative estimate of drug-likeness (QED) is 0.832. The molecule has 22 heavy (non-hydrogen) atoms. The molecule has 0 aromatic heterocycles. The van der Waals surface area contributed by atoms with E-state index < -0.39 is 10.0 Å². The number of sulfonamides is 1. The van der Waals surface area contributed by atoms with Crippen molar-refractivity contribution in [3.8, 4) is 0 Å². The van der Waals surface area contributed by atoms with E-state index in [2.05, 4.69) is 6.07 Å². The summed E-state index contributed by atoms with van der Waals surface area (Å²) in [6.07, 6.45) is 4.47. The number of rotatable bonds is 2. The van der Waals surface area contributed by atoms with E-state index in [-0.39, 0.29) is 11.8 Å². The van der Waals surface area contributed by atoms with Gasteiger partial charge in [-0.3, -0.25) is 4.79 Å². The molecule has 1 amide bonds. The Morgan fingerprint density at radius 1 is 1.14 bits per heavy atom. The summed E-state index contributed by atoms with van der Waals surface area (Å²) in [5.74, 6) is 0.0875. The fraction of sp³-hybridized carbons (Fsp3) is 0.562. The molecular weight excluding hydrogens is 300 g/mol. The van der Waals surface area contributed by atoms with Crippen LogP contribution in [-0.2, 0) is 21.2 Å². The molecule has 5 nitrogen and oxygen atoms in total. The van der Waals surface area contributed by atoms with Gasteiger partial charge >= 0.3 is 0 Å². The zero-order valence-corrected chi connectivity index (χ0v) is 13.7. The molecule has 2 heterocycles. The highest BCUT2D eigenvalue weighted by Gasteiger charge is 2.33. The van der Waals surface area contributed by atoms with Crippen LogP contribution in [0.5, 0.6) is 0 Å². The summed E-state index contributed by atoms with van der Waals surface area (Å²) in [7, 11) is -3.14. The van der Waals surface area contributed by atoms with E-state index in [1.54, 1.807) is 0 Å². The van der Waals surface area contributed by atoms with E-state index in [1.165, 1.54) is 16.1 Å². The van der Waals surface area contributed by atoms with Crippen molar-refractivity contribution in [3.63, 3.8) is 0 Å². The molecule has 0 saturated carbocycles. The Balaban J connectivity index is 1.71. The number of benzene rings is 1. The van der Waals surface area contributed by atoms with E-state index in [4.69, 9.17) is 0 Å². The lowest BCUT2D eigenvalue weighted by molar-refractivity contribution is -0.123. The van der Waals surface area contributed by atoms with E-state index in [9.17, 15) is 13.2 Å². The summed E-state index contributed by atoms with van der Waals surface area (Å²) in [6, 6.07) is 8.08. The maximum atomic E-state index is 12.8. The number of nitrogens with zero attached hydrogens (tertiary/aromatic N) is 2. The Hall–Kier alpha value is -1.40. The number of piperidine rings is 1. The summed E-state index contributed by atoms with van der Waals surface area (Å²) >= 11 is 0. The molecule has 1 aromatic carbocycles. The third-order valence-corrected chi connectivity index (χ3v) is 5.95. The standard InChI is InChI=1S/C16H22N2O3S/c1-22(20,21)17-11-8-14(9-12-17)16(19)18-10-4-6-13-5-2-3-7-15(13)18/h2-3,5,7,14H,4,6,8-12H2,1H3. The van der Waals surface area contributed by atoms with Crippen molar-refractivity contribution in [1.82, 2.24) is 4.31 Å². The number of fused-ring (bicyclic) bond motifs is 1. The average Bonchev–Trinajstić information content (AvgIpc) is 2.53. The molecule has 1 aromatic rings. The normalized spacial score (nSPS) is 20.7. The van der Waals surface area contributed by atoms with Crippen molar-refractivity contribution in [2.24, 2.45) is 5.92 Å². The SMILES string of the molecule is CS(=O)(=O)N1CCC(C(=O)N2CCCc3ccccc32)CC1. The largest absolute Gasteiger partial charge is 0.312 e. The predicted octanol–water partition coefficient (Wildman–Crippen LogP) is 1.64. The topological polar surface area (TPSA) is 57.7 Å². The Labute approximate surface area is 132 Å². The van der Waals surface area contributed by atoms with E-state index in [1.807, 2.05) is 23.1 Å².